The number of para-hydroxylation sites is 1. The summed E-state index contributed by atoms with van der Waals surface area (Å²) in [5, 5.41) is 0. The van der Waals surface area contributed by atoms with Crippen LogP contribution in [0.4, 0.5) is 0 Å². The van der Waals surface area contributed by atoms with Crippen LogP contribution < -0.4 is 4.74 Å². The largest absolute Gasteiger partial charge is 0.489 e. The Labute approximate surface area is 136 Å². The number of fused-ring (bicyclic) bond motifs is 1. The molecule has 4 rings (SSSR count). The molecule has 1 heterocycles. The Morgan fingerprint density at radius 3 is 1.87 bits per heavy atom. The van der Waals surface area contributed by atoms with Gasteiger partial charge in [-0.25, -0.2) is 0 Å². The van der Waals surface area contributed by atoms with Crippen molar-refractivity contribution in [3.8, 4) is 5.75 Å². The first-order valence-electron chi connectivity index (χ1n) is 7.95. The van der Waals surface area contributed by atoms with Crippen LogP contribution in [0.3, 0.4) is 0 Å². The minimum Gasteiger partial charge on any atom is -0.489 e. The molecule has 0 amide bonds. The summed E-state index contributed by atoms with van der Waals surface area (Å²) in [6.07, 6.45) is 0.940. The van der Waals surface area contributed by atoms with E-state index in [1.165, 1.54) is 27.8 Å². The highest BCUT2D eigenvalue weighted by atomic mass is 16.5. The first-order valence-corrected chi connectivity index (χ1v) is 7.95. The van der Waals surface area contributed by atoms with Gasteiger partial charge in [0, 0.05) is 6.42 Å². The average Bonchev–Trinajstić information content (AvgIpc) is 2.64. The first-order chi connectivity index (χ1) is 11.4. The molecule has 0 saturated heterocycles. The lowest BCUT2D eigenvalue weighted by atomic mass is 9.89. The van der Waals surface area contributed by atoms with E-state index in [2.05, 4.69) is 78.9 Å². The SMILES string of the molecule is c1ccc(C(=C2COc3ccccc3C2)c2ccccc2)cc1. The molecule has 1 aliphatic heterocycles. The minimum atomic E-state index is 0.649. The van der Waals surface area contributed by atoms with E-state index in [-0.39, 0.29) is 0 Å². The van der Waals surface area contributed by atoms with Crippen LogP contribution in [0.1, 0.15) is 16.7 Å². The Kier molecular flexibility index (Phi) is 3.69. The van der Waals surface area contributed by atoms with Crippen LogP contribution in [-0.2, 0) is 6.42 Å². The minimum absolute atomic E-state index is 0.649. The summed E-state index contributed by atoms with van der Waals surface area (Å²) in [6, 6.07) is 29.5. The van der Waals surface area contributed by atoms with Gasteiger partial charge < -0.3 is 4.74 Å². The Morgan fingerprint density at radius 2 is 1.22 bits per heavy atom. The van der Waals surface area contributed by atoms with Gasteiger partial charge in [-0.3, -0.25) is 0 Å². The highest BCUT2D eigenvalue weighted by molar-refractivity contribution is 5.82. The van der Waals surface area contributed by atoms with Crippen molar-refractivity contribution < 1.29 is 4.74 Å². The summed E-state index contributed by atoms with van der Waals surface area (Å²) in [7, 11) is 0. The molecule has 1 heteroatoms. The van der Waals surface area contributed by atoms with E-state index in [9.17, 15) is 0 Å². The fourth-order valence-electron chi connectivity index (χ4n) is 3.18. The van der Waals surface area contributed by atoms with Crippen LogP contribution in [0.15, 0.2) is 90.5 Å². The van der Waals surface area contributed by atoms with Crippen molar-refractivity contribution in [1.29, 1.82) is 0 Å². The van der Waals surface area contributed by atoms with Gasteiger partial charge in [-0.2, -0.15) is 0 Å². The van der Waals surface area contributed by atoms with E-state index in [1.807, 2.05) is 6.07 Å². The number of ether oxygens (including phenoxy) is 1. The van der Waals surface area contributed by atoms with Gasteiger partial charge in [0.25, 0.3) is 0 Å². The summed E-state index contributed by atoms with van der Waals surface area (Å²) in [4.78, 5) is 0. The maximum atomic E-state index is 6.00. The third-order valence-electron chi connectivity index (χ3n) is 4.26. The third kappa shape index (κ3) is 2.78. The highest BCUT2D eigenvalue weighted by Crippen LogP contribution is 2.34. The summed E-state index contributed by atoms with van der Waals surface area (Å²) in [5.74, 6) is 1.01. The van der Waals surface area contributed by atoms with Gasteiger partial charge in [0.15, 0.2) is 0 Å². The second kappa shape index (κ2) is 6.13. The Morgan fingerprint density at radius 1 is 0.652 bits per heavy atom. The van der Waals surface area contributed by atoms with Crippen LogP contribution in [0, 0.1) is 0 Å². The normalized spacial score (nSPS) is 13.1. The van der Waals surface area contributed by atoms with Gasteiger partial charge in [0.2, 0.25) is 0 Å². The van der Waals surface area contributed by atoms with Gasteiger partial charge >= 0.3 is 0 Å². The van der Waals surface area contributed by atoms with Crippen molar-refractivity contribution in [1.82, 2.24) is 0 Å². The molecule has 3 aromatic rings. The number of rotatable bonds is 2. The number of hydrogen-bond donors (Lipinski definition) is 0. The topological polar surface area (TPSA) is 9.23 Å². The summed E-state index contributed by atoms with van der Waals surface area (Å²) < 4.78 is 6.00. The smallest absolute Gasteiger partial charge is 0.123 e. The molecule has 1 nitrogen and oxygen atoms in total. The predicted octanol–water partition coefficient (Wildman–Crippen LogP) is 5.12. The Balaban J connectivity index is 1.86. The highest BCUT2D eigenvalue weighted by Gasteiger charge is 2.19. The van der Waals surface area contributed by atoms with E-state index in [0.29, 0.717) is 6.61 Å². The van der Waals surface area contributed by atoms with Gasteiger partial charge in [-0.05, 0) is 33.9 Å². The van der Waals surface area contributed by atoms with Crippen LogP contribution in [0.25, 0.3) is 5.57 Å². The summed E-state index contributed by atoms with van der Waals surface area (Å²) >= 11 is 0. The molecule has 3 aromatic carbocycles. The quantitative estimate of drug-likeness (QED) is 0.638. The molecule has 0 spiro atoms. The maximum Gasteiger partial charge on any atom is 0.123 e. The monoisotopic (exact) mass is 298 g/mol. The third-order valence-corrected chi connectivity index (χ3v) is 4.26. The number of hydrogen-bond acceptors (Lipinski definition) is 1. The predicted molar refractivity (Wildman–Crippen MR) is 94.5 cm³/mol. The molecule has 23 heavy (non-hydrogen) atoms. The van der Waals surface area contributed by atoms with E-state index in [0.717, 1.165) is 12.2 Å². The van der Waals surface area contributed by atoms with Crippen LogP contribution in [0.2, 0.25) is 0 Å². The zero-order valence-electron chi connectivity index (χ0n) is 12.9. The Bertz CT molecular complexity index is 791. The van der Waals surface area contributed by atoms with Crippen molar-refractivity contribution in [3.63, 3.8) is 0 Å². The van der Waals surface area contributed by atoms with Gasteiger partial charge in [0.05, 0.1) is 0 Å². The molecular weight excluding hydrogens is 280 g/mol. The van der Waals surface area contributed by atoms with E-state index < -0.39 is 0 Å². The lowest BCUT2D eigenvalue weighted by Gasteiger charge is -2.23. The molecule has 0 fully saturated rings. The molecule has 0 N–H and O–H groups in total. The second-order valence-corrected chi connectivity index (χ2v) is 5.78. The van der Waals surface area contributed by atoms with Crippen LogP contribution in [-0.4, -0.2) is 6.61 Å². The van der Waals surface area contributed by atoms with Crippen molar-refractivity contribution in [2.45, 2.75) is 6.42 Å². The molecule has 0 bridgehead atoms. The molecule has 1 aliphatic rings. The lowest BCUT2D eigenvalue weighted by Crippen LogP contribution is -2.14. The van der Waals surface area contributed by atoms with E-state index >= 15 is 0 Å². The maximum absolute atomic E-state index is 6.00. The fourth-order valence-corrected chi connectivity index (χ4v) is 3.18. The van der Waals surface area contributed by atoms with Crippen LogP contribution >= 0.6 is 0 Å². The summed E-state index contributed by atoms with van der Waals surface area (Å²) in [5.41, 5.74) is 6.38. The zero-order valence-corrected chi connectivity index (χ0v) is 12.9. The second-order valence-electron chi connectivity index (χ2n) is 5.78. The number of benzene rings is 3. The molecule has 0 aliphatic carbocycles. The van der Waals surface area contributed by atoms with Crippen molar-refractivity contribution in [3.05, 3.63) is 107 Å². The van der Waals surface area contributed by atoms with E-state index in [1.54, 1.807) is 0 Å². The van der Waals surface area contributed by atoms with Gasteiger partial charge in [-0.1, -0.05) is 78.9 Å². The molecule has 0 unspecified atom stereocenters. The zero-order chi connectivity index (χ0) is 15.5. The molecular formula is C22H18O. The van der Waals surface area contributed by atoms with Gasteiger partial charge in [-0.15, -0.1) is 0 Å². The van der Waals surface area contributed by atoms with Crippen molar-refractivity contribution in [2.24, 2.45) is 0 Å². The standard InChI is InChI=1S/C22H18O/c1-3-9-17(10-4-1)22(18-11-5-2-6-12-18)20-15-19-13-7-8-14-21(19)23-16-20/h1-14H,15-16H2. The molecule has 112 valence electrons. The molecule has 0 radical (unpaired) electrons. The molecule has 0 atom stereocenters. The summed E-state index contributed by atoms with van der Waals surface area (Å²) in [6.45, 7) is 0.649. The lowest BCUT2D eigenvalue weighted by molar-refractivity contribution is 0.332. The van der Waals surface area contributed by atoms with E-state index in [4.69, 9.17) is 4.74 Å². The average molecular weight is 298 g/mol. The van der Waals surface area contributed by atoms with Crippen molar-refractivity contribution in [2.75, 3.05) is 6.61 Å². The van der Waals surface area contributed by atoms with Crippen LogP contribution in [0.5, 0.6) is 5.75 Å². The van der Waals surface area contributed by atoms with Crippen molar-refractivity contribution >= 4 is 5.57 Å². The molecule has 0 aromatic heterocycles. The first kappa shape index (κ1) is 13.8. The van der Waals surface area contributed by atoms with Gasteiger partial charge in [0.1, 0.15) is 12.4 Å². The molecule has 0 saturated carbocycles. The Hall–Kier alpha value is -2.80. The fraction of sp³-hybridized carbons (Fsp3) is 0.0909.